The van der Waals surface area contributed by atoms with Crippen LogP contribution in [0.5, 0.6) is 0 Å². The number of rotatable bonds is 2. The van der Waals surface area contributed by atoms with Crippen LogP contribution >= 0.6 is 15.9 Å². The second-order valence-electron chi connectivity index (χ2n) is 2.94. The highest BCUT2D eigenvalue weighted by atomic mass is 79.9. The minimum Gasteiger partial charge on any atom is -0.395 e. The summed E-state index contributed by atoms with van der Waals surface area (Å²) in [6, 6.07) is 8.20. The summed E-state index contributed by atoms with van der Waals surface area (Å²) >= 11 is 3.43. The quantitative estimate of drug-likeness (QED) is 0.856. The van der Waals surface area contributed by atoms with E-state index >= 15 is 0 Å². The Labute approximate surface area is 84.9 Å². The van der Waals surface area contributed by atoms with Crippen molar-refractivity contribution in [2.24, 2.45) is 0 Å². The molecule has 3 heteroatoms. The van der Waals surface area contributed by atoms with E-state index in [1.54, 1.807) is 0 Å². The fourth-order valence-corrected chi connectivity index (χ4v) is 1.81. The third-order valence-corrected chi connectivity index (χ3v) is 2.57. The van der Waals surface area contributed by atoms with Gasteiger partial charge < -0.3 is 9.67 Å². The van der Waals surface area contributed by atoms with E-state index in [0.29, 0.717) is 6.54 Å². The van der Waals surface area contributed by atoms with Gasteiger partial charge in [0.2, 0.25) is 0 Å². The topological polar surface area (TPSA) is 25.2 Å². The first kappa shape index (κ1) is 8.78. The summed E-state index contributed by atoms with van der Waals surface area (Å²) in [5.74, 6) is 0. The lowest BCUT2D eigenvalue weighted by molar-refractivity contribution is 0.278. The Balaban J connectivity index is 2.58. The van der Waals surface area contributed by atoms with Crippen molar-refractivity contribution in [2.45, 2.75) is 6.54 Å². The Morgan fingerprint density at radius 3 is 2.92 bits per heavy atom. The fourth-order valence-electron chi connectivity index (χ4n) is 1.46. The molecule has 0 bridgehead atoms. The fraction of sp³-hybridized carbons (Fsp3) is 0.200. The van der Waals surface area contributed by atoms with Crippen molar-refractivity contribution in [3.8, 4) is 0 Å². The zero-order valence-electron chi connectivity index (χ0n) is 7.07. The molecule has 0 spiro atoms. The van der Waals surface area contributed by atoms with Gasteiger partial charge in [0.1, 0.15) is 0 Å². The van der Waals surface area contributed by atoms with Crippen LogP contribution < -0.4 is 0 Å². The molecule has 0 radical (unpaired) electrons. The number of nitrogens with zero attached hydrogens (tertiary/aromatic N) is 1. The predicted octanol–water partition coefficient (Wildman–Crippen LogP) is 2.40. The van der Waals surface area contributed by atoms with Crippen molar-refractivity contribution in [1.82, 2.24) is 4.57 Å². The summed E-state index contributed by atoms with van der Waals surface area (Å²) in [7, 11) is 0. The average molecular weight is 240 g/mol. The average Bonchev–Trinajstić information content (AvgIpc) is 2.49. The van der Waals surface area contributed by atoms with Gasteiger partial charge in [-0.05, 0) is 23.6 Å². The summed E-state index contributed by atoms with van der Waals surface area (Å²) in [6.07, 6.45) is 1.99. The highest BCUT2D eigenvalue weighted by molar-refractivity contribution is 9.10. The van der Waals surface area contributed by atoms with Gasteiger partial charge >= 0.3 is 0 Å². The van der Waals surface area contributed by atoms with Crippen molar-refractivity contribution in [3.05, 3.63) is 34.9 Å². The molecule has 0 saturated heterocycles. The SMILES string of the molecule is OCCn1ccc2ccc(Br)cc21. The van der Waals surface area contributed by atoms with Gasteiger partial charge in [-0.15, -0.1) is 0 Å². The normalized spacial score (nSPS) is 10.9. The van der Waals surface area contributed by atoms with E-state index in [9.17, 15) is 0 Å². The maximum absolute atomic E-state index is 8.83. The van der Waals surface area contributed by atoms with Gasteiger partial charge in [-0.1, -0.05) is 22.0 Å². The number of aliphatic hydroxyl groups excluding tert-OH is 1. The Kier molecular flexibility index (Phi) is 2.38. The van der Waals surface area contributed by atoms with Crippen LogP contribution in [-0.2, 0) is 6.54 Å². The standard InChI is InChI=1S/C10H10BrNO/c11-9-2-1-8-3-4-12(5-6-13)10(8)7-9/h1-4,7,13H,5-6H2. The summed E-state index contributed by atoms with van der Waals surface area (Å²) in [5.41, 5.74) is 1.16. The minimum absolute atomic E-state index is 0.177. The first-order valence-corrected chi connectivity index (χ1v) is 4.96. The molecule has 0 saturated carbocycles. The molecule has 1 aromatic carbocycles. The number of hydrogen-bond acceptors (Lipinski definition) is 1. The highest BCUT2D eigenvalue weighted by Crippen LogP contribution is 2.20. The molecule has 68 valence electrons. The number of aromatic nitrogens is 1. The molecule has 0 aliphatic heterocycles. The van der Waals surface area contributed by atoms with Crippen molar-refractivity contribution in [3.63, 3.8) is 0 Å². The van der Waals surface area contributed by atoms with Crippen LogP contribution in [0.15, 0.2) is 34.9 Å². The van der Waals surface area contributed by atoms with E-state index in [1.165, 1.54) is 5.39 Å². The van der Waals surface area contributed by atoms with Gasteiger partial charge in [0, 0.05) is 22.7 Å². The Morgan fingerprint density at radius 1 is 1.31 bits per heavy atom. The molecule has 1 heterocycles. The van der Waals surface area contributed by atoms with Crippen LogP contribution in [0.3, 0.4) is 0 Å². The molecule has 0 aliphatic rings. The van der Waals surface area contributed by atoms with E-state index in [0.717, 1.165) is 9.99 Å². The van der Waals surface area contributed by atoms with E-state index in [1.807, 2.05) is 16.8 Å². The van der Waals surface area contributed by atoms with Crippen LogP contribution in [0.2, 0.25) is 0 Å². The molecule has 0 fully saturated rings. The summed E-state index contributed by atoms with van der Waals surface area (Å²) in [4.78, 5) is 0. The smallest absolute Gasteiger partial charge is 0.0610 e. The monoisotopic (exact) mass is 239 g/mol. The lowest BCUT2D eigenvalue weighted by Gasteiger charge is -2.02. The number of hydrogen-bond donors (Lipinski definition) is 1. The van der Waals surface area contributed by atoms with Crippen molar-refractivity contribution in [2.75, 3.05) is 6.61 Å². The molecule has 2 nitrogen and oxygen atoms in total. The molecule has 0 unspecified atom stereocenters. The maximum atomic E-state index is 8.83. The molecule has 0 amide bonds. The zero-order valence-corrected chi connectivity index (χ0v) is 8.66. The lowest BCUT2D eigenvalue weighted by atomic mass is 10.2. The largest absolute Gasteiger partial charge is 0.395 e. The van der Waals surface area contributed by atoms with Crippen molar-refractivity contribution in [1.29, 1.82) is 0 Å². The molecule has 2 aromatic rings. The Hall–Kier alpha value is -0.800. The Morgan fingerprint density at radius 2 is 2.15 bits per heavy atom. The van der Waals surface area contributed by atoms with Gasteiger partial charge in [-0.2, -0.15) is 0 Å². The summed E-state index contributed by atoms with van der Waals surface area (Å²) < 4.78 is 3.11. The van der Waals surface area contributed by atoms with Crippen LogP contribution in [0.25, 0.3) is 10.9 Å². The molecular weight excluding hydrogens is 230 g/mol. The number of aliphatic hydroxyl groups is 1. The predicted molar refractivity (Wildman–Crippen MR) is 56.7 cm³/mol. The van der Waals surface area contributed by atoms with Crippen LogP contribution in [0.4, 0.5) is 0 Å². The second kappa shape index (κ2) is 3.52. The van der Waals surface area contributed by atoms with E-state index in [4.69, 9.17) is 5.11 Å². The van der Waals surface area contributed by atoms with E-state index in [2.05, 4.69) is 34.1 Å². The van der Waals surface area contributed by atoms with Gasteiger partial charge in [0.25, 0.3) is 0 Å². The molecule has 1 aromatic heterocycles. The van der Waals surface area contributed by atoms with Crippen molar-refractivity contribution < 1.29 is 5.11 Å². The van der Waals surface area contributed by atoms with Crippen LogP contribution in [0.1, 0.15) is 0 Å². The molecule has 1 N–H and O–H groups in total. The molecular formula is C10H10BrNO. The number of fused-ring (bicyclic) bond motifs is 1. The van der Waals surface area contributed by atoms with Crippen LogP contribution in [0, 0.1) is 0 Å². The van der Waals surface area contributed by atoms with Gasteiger partial charge in [0.15, 0.2) is 0 Å². The van der Waals surface area contributed by atoms with Gasteiger partial charge in [0.05, 0.1) is 6.61 Å². The number of benzene rings is 1. The third kappa shape index (κ3) is 1.62. The third-order valence-electron chi connectivity index (χ3n) is 2.08. The Bertz CT molecular complexity index is 422. The first-order valence-electron chi connectivity index (χ1n) is 4.16. The molecule has 2 rings (SSSR count). The molecule has 0 atom stereocenters. The van der Waals surface area contributed by atoms with Gasteiger partial charge in [-0.25, -0.2) is 0 Å². The first-order chi connectivity index (χ1) is 6.31. The second-order valence-corrected chi connectivity index (χ2v) is 3.85. The van der Waals surface area contributed by atoms with Gasteiger partial charge in [-0.3, -0.25) is 0 Å². The van der Waals surface area contributed by atoms with E-state index < -0.39 is 0 Å². The van der Waals surface area contributed by atoms with Crippen molar-refractivity contribution >= 4 is 26.8 Å². The maximum Gasteiger partial charge on any atom is 0.0610 e. The van der Waals surface area contributed by atoms with Crippen LogP contribution in [-0.4, -0.2) is 16.3 Å². The minimum atomic E-state index is 0.177. The summed E-state index contributed by atoms with van der Waals surface area (Å²) in [6.45, 7) is 0.830. The summed E-state index contributed by atoms with van der Waals surface area (Å²) in [5, 5.41) is 10.0. The molecule has 0 aliphatic carbocycles. The molecule has 13 heavy (non-hydrogen) atoms. The lowest BCUT2D eigenvalue weighted by Crippen LogP contribution is -1.99. The number of halogens is 1. The van der Waals surface area contributed by atoms with E-state index in [-0.39, 0.29) is 6.61 Å². The highest BCUT2D eigenvalue weighted by Gasteiger charge is 1.99. The zero-order chi connectivity index (χ0) is 9.26.